The number of rotatable bonds is 3. The summed E-state index contributed by atoms with van der Waals surface area (Å²) in [4.78, 5) is 0.638. The van der Waals surface area contributed by atoms with E-state index in [2.05, 4.69) is 0 Å². The summed E-state index contributed by atoms with van der Waals surface area (Å²) in [7, 11) is -1.24. The van der Waals surface area contributed by atoms with E-state index in [0.717, 1.165) is 16.5 Å². The van der Waals surface area contributed by atoms with Gasteiger partial charge in [-0.2, -0.15) is 0 Å². The summed E-state index contributed by atoms with van der Waals surface area (Å²) >= 11 is 0. The standard InChI is InChI=1S/C21H15FO2S/c1-25(23)21-18-13-16(14-5-3-2-4-6-14)9-12-19(18)24-20(21)15-7-10-17(22)11-8-15/h2-13H,1H3/t25-/m0/s1. The summed E-state index contributed by atoms with van der Waals surface area (Å²) in [6, 6.07) is 21.9. The number of benzene rings is 3. The predicted molar refractivity (Wildman–Crippen MR) is 99.4 cm³/mol. The van der Waals surface area contributed by atoms with Crippen LogP contribution in [0.5, 0.6) is 0 Å². The van der Waals surface area contributed by atoms with Crippen molar-refractivity contribution in [1.29, 1.82) is 0 Å². The van der Waals surface area contributed by atoms with E-state index in [-0.39, 0.29) is 5.82 Å². The van der Waals surface area contributed by atoms with Crippen molar-refractivity contribution in [3.05, 3.63) is 78.6 Å². The molecule has 4 aromatic rings. The van der Waals surface area contributed by atoms with E-state index in [0.29, 0.717) is 21.8 Å². The fraction of sp³-hybridized carbons (Fsp3) is 0.0476. The molecule has 2 nitrogen and oxygen atoms in total. The molecule has 0 amide bonds. The van der Waals surface area contributed by atoms with Gasteiger partial charge < -0.3 is 4.42 Å². The Hall–Kier alpha value is -2.72. The van der Waals surface area contributed by atoms with Gasteiger partial charge >= 0.3 is 0 Å². The molecule has 0 saturated heterocycles. The number of halogens is 1. The Labute approximate surface area is 147 Å². The van der Waals surface area contributed by atoms with Crippen molar-refractivity contribution in [2.45, 2.75) is 4.90 Å². The first-order chi connectivity index (χ1) is 12.1. The van der Waals surface area contributed by atoms with Crippen LogP contribution in [0.25, 0.3) is 33.4 Å². The number of fused-ring (bicyclic) bond motifs is 1. The number of hydrogen-bond acceptors (Lipinski definition) is 2. The van der Waals surface area contributed by atoms with Gasteiger partial charge in [0.15, 0.2) is 5.76 Å². The van der Waals surface area contributed by atoms with Crippen molar-refractivity contribution in [2.24, 2.45) is 0 Å². The maximum atomic E-state index is 13.2. The van der Waals surface area contributed by atoms with Crippen molar-refractivity contribution in [3.8, 4) is 22.5 Å². The van der Waals surface area contributed by atoms with Crippen molar-refractivity contribution in [1.82, 2.24) is 0 Å². The third kappa shape index (κ3) is 2.89. The second-order valence-electron chi connectivity index (χ2n) is 5.80. The largest absolute Gasteiger partial charge is 0.455 e. The van der Waals surface area contributed by atoms with E-state index in [1.807, 2.05) is 48.5 Å². The van der Waals surface area contributed by atoms with Crippen molar-refractivity contribution in [3.63, 3.8) is 0 Å². The van der Waals surface area contributed by atoms with Gasteiger partial charge in [-0.15, -0.1) is 0 Å². The Morgan fingerprint density at radius 2 is 1.52 bits per heavy atom. The van der Waals surface area contributed by atoms with Gasteiger partial charge in [-0.3, -0.25) is 4.21 Å². The predicted octanol–water partition coefficient (Wildman–Crippen LogP) is 5.64. The Balaban J connectivity index is 1.95. The highest BCUT2D eigenvalue weighted by Crippen LogP contribution is 2.37. The number of furan rings is 1. The lowest BCUT2D eigenvalue weighted by Crippen LogP contribution is -1.89. The number of hydrogen-bond donors (Lipinski definition) is 0. The summed E-state index contributed by atoms with van der Waals surface area (Å²) < 4.78 is 31.6. The molecule has 1 aromatic heterocycles. The van der Waals surface area contributed by atoms with Gasteiger partial charge in [-0.1, -0.05) is 36.4 Å². The summed E-state index contributed by atoms with van der Waals surface area (Å²) in [5, 5.41) is 0.821. The quantitative estimate of drug-likeness (QED) is 0.478. The summed E-state index contributed by atoms with van der Waals surface area (Å²) in [6.07, 6.45) is 1.63. The van der Waals surface area contributed by atoms with E-state index in [1.165, 1.54) is 12.1 Å². The van der Waals surface area contributed by atoms with Crippen LogP contribution in [0.1, 0.15) is 0 Å². The first-order valence-corrected chi connectivity index (χ1v) is 9.40. The maximum absolute atomic E-state index is 13.2. The van der Waals surface area contributed by atoms with E-state index < -0.39 is 10.8 Å². The molecule has 1 atom stereocenters. The molecule has 25 heavy (non-hydrogen) atoms. The molecule has 0 fully saturated rings. The van der Waals surface area contributed by atoms with Crippen LogP contribution in [0.2, 0.25) is 0 Å². The van der Waals surface area contributed by atoms with E-state index >= 15 is 0 Å². The molecule has 0 saturated carbocycles. The third-order valence-corrected chi connectivity index (χ3v) is 5.12. The molecule has 124 valence electrons. The smallest absolute Gasteiger partial charge is 0.151 e. The zero-order valence-electron chi connectivity index (χ0n) is 13.5. The molecule has 4 rings (SSSR count). The lowest BCUT2D eigenvalue weighted by Gasteiger charge is -2.02. The fourth-order valence-corrected chi connectivity index (χ4v) is 3.85. The molecule has 3 aromatic carbocycles. The molecule has 0 radical (unpaired) electrons. The van der Waals surface area contributed by atoms with E-state index in [9.17, 15) is 8.60 Å². The average molecular weight is 350 g/mol. The second-order valence-corrected chi connectivity index (χ2v) is 7.11. The van der Waals surface area contributed by atoms with Crippen molar-refractivity contribution >= 4 is 21.8 Å². The monoisotopic (exact) mass is 350 g/mol. The average Bonchev–Trinajstić information content (AvgIpc) is 3.02. The minimum atomic E-state index is -1.24. The van der Waals surface area contributed by atoms with Gasteiger partial charge in [0.25, 0.3) is 0 Å². The second kappa shape index (κ2) is 6.30. The lowest BCUT2D eigenvalue weighted by molar-refractivity contribution is 0.618. The highest BCUT2D eigenvalue weighted by molar-refractivity contribution is 7.84. The van der Waals surface area contributed by atoms with E-state index in [4.69, 9.17) is 4.42 Å². The van der Waals surface area contributed by atoms with Crippen LogP contribution in [0.4, 0.5) is 4.39 Å². The fourth-order valence-electron chi connectivity index (χ4n) is 2.96. The maximum Gasteiger partial charge on any atom is 0.151 e. The molecule has 0 N–H and O–H groups in total. The Kier molecular flexibility index (Phi) is 3.98. The summed E-state index contributed by atoms with van der Waals surface area (Å²) in [6.45, 7) is 0. The lowest BCUT2D eigenvalue weighted by atomic mass is 10.0. The van der Waals surface area contributed by atoms with Crippen LogP contribution in [0.3, 0.4) is 0 Å². The third-order valence-electron chi connectivity index (χ3n) is 4.14. The van der Waals surface area contributed by atoms with Crippen LogP contribution in [-0.2, 0) is 10.8 Å². The summed E-state index contributed by atoms with van der Waals surface area (Å²) in [5.41, 5.74) is 3.50. The zero-order valence-corrected chi connectivity index (χ0v) is 14.3. The topological polar surface area (TPSA) is 30.2 Å². The van der Waals surface area contributed by atoms with Crippen LogP contribution in [0, 0.1) is 5.82 Å². The molecule has 0 bridgehead atoms. The van der Waals surface area contributed by atoms with Gasteiger partial charge in [0.2, 0.25) is 0 Å². The minimum absolute atomic E-state index is 0.314. The van der Waals surface area contributed by atoms with Gasteiger partial charge in [0, 0.05) is 17.2 Å². The molecule has 0 unspecified atom stereocenters. The Bertz CT molecular complexity index is 1070. The summed E-state index contributed by atoms with van der Waals surface area (Å²) in [5.74, 6) is 0.214. The van der Waals surface area contributed by atoms with Crippen molar-refractivity contribution < 1.29 is 13.0 Å². The molecule has 0 aliphatic heterocycles. The van der Waals surface area contributed by atoms with Gasteiger partial charge in [0.1, 0.15) is 11.4 Å². The zero-order chi connectivity index (χ0) is 17.4. The molecule has 1 heterocycles. The molecule has 4 heteroatoms. The van der Waals surface area contributed by atoms with Gasteiger partial charge in [0.05, 0.1) is 15.7 Å². The Morgan fingerprint density at radius 3 is 2.20 bits per heavy atom. The first kappa shape index (κ1) is 15.8. The van der Waals surface area contributed by atoms with Crippen LogP contribution in [-0.4, -0.2) is 10.5 Å². The SMILES string of the molecule is C[S@](=O)c1c(-c2ccc(F)cc2)oc2ccc(-c3ccccc3)cc12. The van der Waals surface area contributed by atoms with Crippen LogP contribution >= 0.6 is 0 Å². The van der Waals surface area contributed by atoms with Crippen LogP contribution < -0.4 is 0 Å². The molecule has 0 aliphatic carbocycles. The van der Waals surface area contributed by atoms with Gasteiger partial charge in [-0.25, -0.2) is 4.39 Å². The van der Waals surface area contributed by atoms with E-state index in [1.54, 1.807) is 18.4 Å². The molecular formula is C21H15FO2S. The molecule has 0 aliphatic rings. The molecular weight excluding hydrogens is 335 g/mol. The highest BCUT2D eigenvalue weighted by atomic mass is 32.2. The first-order valence-electron chi connectivity index (χ1n) is 7.85. The van der Waals surface area contributed by atoms with Crippen LogP contribution in [0.15, 0.2) is 82.1 Å². The highest BCUT2D eigenvalue weighted by Gasteiger charge is 2.19. The van der Waals surface area contributed by atoms with Crippen molar-refractivity contribution in [2.75, 3.05) is 6.26 Å². The normalized spacial score (nSPS) is 12.4. The molecule has 0 spiro atoms. The van der Waals surface area contributed by atoms with Gasteiger partial charge in [-0.05, 0) is 47.5 Å². The minimum Gasteiger partial charge on any atom is -0.455 e. The Morgan fingerprint density at radius 1 is 0.840 bits per heavy atom.